The molecular formula is C23H21N3O3. The van der Waals surface area contributed by atoms with Crippen LogP contribution in [0.1, 0.15) is 40.8 Å². The fourth-order valence-electron chi connectivity index (χ4n) is 3.96. The molecule has 0 atom stereocenters. The molecule has 6 nitrogen and oxygen atoms in total. The van der Waals surface area contributed by atoms with Gasteiger partial charge in [0, 0.05) is 35.5 Å². The summed E-state index contributed by atoms with van der Waals surface area (Å²) >= 11 is 0. The number of carbonyl (C=O) groups excluding carboxylic acids is 1. The molecule has 0 saturated carbocycles. The van der Waals surface area contributed by atoms with Crippen molar-refractivity contribution in [2.24, 2.45) is 0 Å². The highest BCUT2D eigenvalue weighted by molar-refractivity contribution is 5.98. The Morgan fingerprint density at radius 1 is 1.03 bits per heavy atom. The average molecular weight is 387 g/mol. The van der Waals surface area contributed by atoms with E-state index in [1.54, 1.807) is 0 Å². The number of likely N-dealkylation sites (tertiary alicyclic amines) is 1. The number of fused-ring (bicyclic) bond motifs is 1. The predicted molar refractivity (Wildman–Crippen MR) is 109 cm³/mol. The maximum Gasteiger partial charge on any atom is 0.289 e. The van der Waals surface area contributed by atoms with Crippen molar-refractivity contribution < 1.29 is 13.7 Å². The standard InChI is InChI=1S/C23H21N3O3/c1-15-18-9-5-6-10-19(18)28-20(15)23(27)26-13-11-17(12-14-26)22-24-21(25-29-22)16-7-3-2-4-8-16/h2-10,17H,11-14H2,1H3. The van der Waals surface area contributed by atoms with Crippen molar-refractivity contribution >= 4 is 16.9 Å². The Morgan fingerprint density at radius 3 is 2.52 bits per heavy atom. The van der Waals surface area contributed by atoms with Crippen LogP contribution in [0.15, 0.2) is 63.5 Å². The summed E-state index contributed by atoms with van der Waals surface area (Å²) in [7, 11) is 0. The molecule has 3 heterocycles. The molecule has 0 aliphatic carbocycles. The van der Waals surface area contributed by atoms with Crippen LogP contribution in [0, 0.1) is 6.92 Å². The summed E-state index contributed by atoms with van der Waals surface area (Å²) in [5.74, 6) is 1.81. The van der Waals surface area contributed by atoms with Crippen molar-refractivity contribution in [3.63, 3.8) is 0 Å². The molecule has 2 aromatic heterocycles. The van der Waals surface area contributed by atoms with E-state index in [2.05, 4.69) is 10.1 Å². The van der Waals surface area contributed by atoms with Crippen molar-refractivity contribution in [2.75, 3.05) is 13.1 Å². The minimum Gasteiger partial charge on any atom is -0.451 e. The summed E-state index contributed by atoms with van der Waals surface area (Å²) in [5, 5.41) is 5.11. The number of hydrogen-bond donors (Lipinski definition) is 0. The number of furan rings is 1. The quantitative estimate of drug-likeness (QED) is 0.504. The van der Waals surface area contributed by atoms with Gasteiger partial charge in [-0.15, -0.1) is 0 Å². The summed E-state index contributed by atoms with van der Waals surface area (Å²) in [5.41, 5.74) is 2.59. The third kappa shape index (κ3) is 3.20. The van der Waals surface area contributed by atoms with Crippen LogP contribution in [0.25, 0.3) is 22.4 Å². The van der Waals surface area contributed by atoms with Crippen LogP contribution < -0.4 is 0 Å². The van der Waals surface area contributed by atoms with Gasteiger partial charge in [0.15, 0.2) is 5.76 Å². The largest absolute Gasteiger partial charge is 0.451 e. The molecule has 29 heavy (non-hydrogen) atoms. The van der Waals surface area contributed by atoms with Gasteiger partial charge in [-0.1, -0.05) is 53.7 Å². The van der Waals surface area contributed by atoms with E-state index in [0.29, 0.717) is 30.6 Å². The van der Waals surface area contributed by atoms with Crippen LogP contribution in [-0.4, -0.2) is 34.0 Å². The molecule has 1 aliphatic heterocycles. The lowest BCUT2D eigenvalue weighted by atomic mass is 9.96. The minimum absolute atomic E-state index is 0.0485. The Hall–Kier alpha value is -3.41. The van der Waals surface area contributed by atoms with Crippen molar-refractivity contribution in [2.45, 2.75) is 25.7 Å². The van der Waals surface area contributed by atoms with Crippen molar-refractivity contribution in [1.29, 1.82) is 0 Å². The smallest absolute Gasteiger partial charge is 0.289 e. The molecule has 1 fully saturated rings. The first-order chi connectivity index (χ1) is 14.2. The average Bonchev–Trinajstić information content (AvgIpc) is 3.40. The van der Waals surface area contributed by atoms with Crippen LogP contribution in [0.4, 0.5) is 0 Å². The molecule has 6 heteroatoms. The van der Waals surface area contributed by atoms with Gasteiger partial charge in [0.25, 0.3) is 5.91 Å². The Bertz CT molecular complexity index is 1150. The predicted octanol–water partition coefficient (Wildman–Crippen LogP) is 4.81. The van der Waals surface area contributed by atoms with E-state index < -0.39 is 0 Å². The lowest BCUT2D eigenvalue weighted by Gasteiger charge is -2.29. The number of benzene rings is 2. The van der Waals surface area contributed by atoms with E-state index in [9.17, 15) is 4.79 Å². The maximum atomic E-state index is 13.0. The molecule has 2 aromatic carbocycles. The molecule has 1 saturated heterocycles. The molecule has 146 valence electrons. The molecule has 4 aromatic rings. The second kappa shape index (κ2) is 7.20. The van der Waals surface area contributed by atoms with Gasteiger partial charge in [-0.05, 0) is 25.8 Å². The first kappa shape index (κ1) is 17.7. The van der Waals surface area contributed by atoms with E-state index >= 15 is 0 Å². The Kier molecular flexibility index (Phi) is 4.39. The number of carbonyl (C=O) groups is 1. The van der Waals surface area contributed by atoms with E-state index in [1.807, 2.05) is 66.4 Å². The number of amides is 1. The van der Waals surface area contributed by atoms with Gasteiger partial charge in [0.1, 0.15) is 5.58 Å². The van der Waals surface area contributed by atoms with Crippen LogP contribution in [0.3, 0.4) is 0 Å². The first-order valence-electron chi connectivity index (χ1n) is 9.87. The van der Waals surface area contributed by atoms with Gasteiger partial charge < -0.3 is 13.8 Å². The molecule has 0 radical (unpaired) electrons. The summed E-state index contributed by atoms with van der Waals surface area (Å²) < 4.78 is 11.4. The normalized spacial score (nSPS) is 15.1. The fourth-order valence-corrected chi connectivity index (χ4v) is 3.96. The van der Waals surface area contributed by atoms with Gasteiger partial charge in [-0.2, -0.15) is 4.98 Å². The lowest BCUT2D eigenvalue weighted by molar-refractivity contribution is 0.0674. The summed E-state index contributed by atoms with van der Waals surface area (Å²) in [6, 6.07) is 17.5. The third-order valence-electron chi connectivity index (χ3n) is 5.64. The van der Waals surface area contributed by atoms with Gasteiger partial charge in [-0.3, -0.25) is 4.79 Å². The molecule has 0 bridgehead atoms. The zero-order valence-electron chi connectivity index (χ0n) is 16.2. The number of aromatic nitrogens is 2. The highest BCUT2D eigenvalue weighted by Crippen LogP contribution is 2.31. The van der Waals surface area contributed by atoms with Crippen LogP contribution in [0.5, 0.6) is 0 Å². The Morgan fingerprint density at radius 2 is 1.76 bits per heavy atom. The molecular weight excluding hydrogens is 366 g/mol. The van der Waals surface area contributed by atoms with Crippen LogP contribution >= 0.6 is 0 Å². The Labute approximate surface area is 168 Å². The molecule has 5 rings (SSSR count). The zero-order chi connectivity index (χ0) is 19.8. The summed E-state index contributed by atoms with van der Waals surface area (Å²) in [4.78, 5) is 19.4. The molecule has 0 spiro atoms. The topological polar surface area (TPSA) is 72.4 Å². The number of nitrogens with zero attached hydrogens (tertiary/aromatic N) is 3. The molecule has 0 N–H and O–H groups in total. The third-order valence-corrected chi connectivity index (χ3v) is 5.64. The lowest BCUT2D eigenvalue weighted by Crippen LogP contribution is -2.38. The van der Waals surface area contributed by atoms with Crippen LogP contribution in [-0.2, 0) is 0 Å². The zero-order valence-corrected chi connectivity index (χ0v) is 16.2. The molecule has 0 unspecified atom stereocenters. The monoisotopic (exact) mass is 387 g/mol. The van der Waals surface area contributed by atoms with Gasteiger partial charge in [0.2, 0.25) is 11.7 Å². The first-order valence-corrected chi connectivity index (χ1v) is 9.87. The number of rotatable bonds is 3. The number of piperidine rings is 1. The summed E-state index contributed by atoms with van der Waals surface area (Å²) in [6.45, 7) is 3.22. The second-order valence-corrected chi connectivity index (χ2v) is 7.44. The molecule has 1 aliphatic rings. The van der Waals surface area contributed by atoms with Crippen molar-refractivity contribution in [1.82, 2.24) is 15.0 Å². The number of aryl methyl sites for hydroxylation is 1. The highest BCUT2D eigenvalue weighted by Gasteiger charge is 2.30. The van der Waals surface area contributed by atoms with Gasteiger partial charge >= 0.3 is 0 Å². The van der Waals surface area contributed by atoms with Crippen molar-refractivity contribution in [3.8, 4) is 11.4 Å². The maximum absolute atomic E-state index is 13.0. The van der Waals surface area contributed by atoms with E-state index in [0.717, 1.165) is 34.9 Å². The van der Waals surface area contributed by atoms with Crippen LogP contribution in [0.2, 0.25) is 0 Å². The Balaban J connectivity index is 1.28. The highest BCUT2D eigenvalue weighted by atomic mass is 16.5. The SMILES string of the molecule is Cc1c(C(=O)N2CCC(c3nc(-c4ccccc4)no3)CC2)oc2ccccc12. The van der Waals surface area contributed by atoms with E-state index in [4.69, 9.17) is 8.94 Å². The van der Waals surface area contributed by atoms with Gasteiger partial charge in [-0.25, -0.2) is 0 Å². The van der Waals surface area contributed by atoms with E-state index in [1.165, 1.54) is 0 Å². The second-order valence-electron chi connectivity index (χ2n) is 7.44. The number of hydrogen-bond acceptors (Lipinski definition) is 5. The minimum atomic E-state index is -0.0485. The van der Waals surface area contributed by atoms with Gasteiger partial charge in [0.05, 0.1) is 0 Å². The molecule has 1 amide bonds. The summed E-state index contributed by atoms with van der Waals surface area (Å²) in [6.07, 6.45) is 1.59. The fraction of sp³-hybridized carbons (Fsp3) is 0.261. The number of para-hydroxylation sites is 1. The van der Waals surface area contributed by atoms with Crippen molar-refractivity contribution in [3.05, 3.63) is 71.8 Å². The van der Waals surface area contributed by atoms with E-state index in [-0.39, 0.29) is 11.8 Å².